The molecule has 3 aliphatic heterocycles. The fraction of sp³-hybridized carbons (Fsp3) is 0.429. The third-order valence-corrected chi connectivity index (χ3v) is 10.4. The summed E-state index contributed by atoms with van der Waals surface area (Å²) >= 11 is 10.2. The number of nitrogens with one attached hydrogen (secondary N) is 1. The number of allylic oxidation sites excluding steroid dienone is 1. The zero-order chi connectivity index (χ0) is 33.9. The molecular formula is C35H39BrClN3O7. The molecule has 3 aliphatic rings. The summed E-state index contributed by atoms with van der Waals surface area (Å²) in [5.41, 5.74) is -0.209. The van der Waals surface area contributed by atoms with Crippen LogP contribution in [0.5, 0.6) is 0 Å². The van der Waals surface area contributed by atoms with E-state index >= 15 is 0 Å². The molecule has 1 spiro atoms. The van der Waals surface area contributed by atoms with Gasteiger partial charge in [-0.05, 0) is 37.5 Å². The van der Waals surface area contributed by atoms with Gasteiger partial charge in [-0.2, -0.15) is 0 Å². The average Bonchev–Trinajstić information content (AvgIpc) is 3.67. The Morgan fingerprint density at radius 2 is 1.89 bits per heavy atom. The Bertz CT molecular complexity index is 1530. The first-order valence-corrected chi connectivity index (χ1v) is 16.9. The molecule has 0 saturated carbocycles. The Labute approximate surface area is 287 Å². The highest BCUT2D eigenvalue weighted by Gasteiger charge is 2.77. The predicted molar refractivity (Wildman–Crippen MR) is 181 cm³/mol. The van der Waals surface area contributed by atoms with Crippen molar-refractivity contribution in [2.24, 2.45) is 11.8 Å². The van der Waals surface area contributed by atoms with E-state index in [4.69, 9.17) is 21.1 Å². The first-order valence-electron chi connectivity index (χ1n) is 15.6. The Hall–Kier alpha value is -3.51. The fourth-order valence-electron chi connectivity index (χ4n) is 7.11. The van der Waals surface area contributed by atoms with Gasteiger partial charge in [-0.3, -0.25) is 19.2 Å². The van der Waals surface area contributed by atoms with E-state index in [1.165, 1.54) is 9.80 Å². The van der Waals surface area contributed by atoms with Crippen molar-refractivity contribution < 1.29 is 33.8 Å². The van der Waals surface area contributed by atoms with Gasteiger partial charge in [0.1, 0.15) is 18.2 Å². The van der Waals surface area contributed by atoms with Crippen LogP contribution in [0.25, 0.3) is 0 Å². The van der Waals surface area contributed by atoms with Crippen molar-refractivity contribution in [3.63, 3.8) is 0 Å². The van der Waals surface area contributed by atoms with Crippen molar-refractivity contribution >= 4 is 56.9 Å². The van der Waals surface area contributed by atoms with E-state index in [2.05, 4.69) is 34.4 Å². The molecule has 5 rings (SSSR count). The molecule has 0 aliphatic carbocycles. The Balaban J connectivity index is 1.50. The summed E-state index contributed by atoms with van der Waals surface area (Å²) in [6.07, 6.45) is 3.39. The number of aliphatic hydroxyl groups excluding tert-OH is 1. The number of alkyl halides is 1. The highest BCUT2D eigenvalue weighted by Crippen LogP contribution is 2.60. The molecule has 3 saturated heterocycles. The van der Waals surface area contributed by atoms with Gasteiger partial charge in [0, 0.05) is 17.8 Å². The summed E-state index contributed by atoms with van der Waals surface area (Å²) in [7, 11) is 0. The lowest BCUT2D eigenvalue weighted by Gasteiger charge is -2.38. The van der Waals surface area contributed by atoms with Crippen LogP contribution in [-0.2, 0) is 28.7 Å². The van der Waals surface area contributed by atoms with Crippen molar-refractivity contribution in [2.45, 2.75) is 60.8 Å². The Kier molecular flexibility index (Phi) is 10.9. The van der Waals surface area contributed by atoms with Crippen molar-refractivity contribution in [1.29, 1.82) is 0 Å². The minimum atomic E-state index is -1.36. The van der Waals surface area contributed by atoms with Crippen LogP contribution in [0.3, 0.4) is 0 Å². The molecule has 250 valence electrons. The van der Waals surface area contributed by atoms with Crippen LogP contribution in [0.4, 0.5) is 5.69 Å². The molecule has 3 amide bonds. The van der Waals surface area contributed by atoms with Gasteiger partial charge in [-0.25, -0.2) is 0 Å². The number of anilines is 1. The van der Waals surface area contributed by atoms with Gasteiger partial charge in [0.25, 0.3) is 5.91 Å². The highest BCUT2D eigenvalue weighted by atomic mass is 79.9. The van der Waals surface area contributed by atoms with Crippen LogP contribution < -0.4 is 10.2 Å². The van der Waals surface area contributed by atoms with Gasteiger partial charge in [0.05, 0.1) is 47.3 Å². The molecule has 12 heteroatoms. The normalized spacial score (nSPS) is 27.1. The molecular weight excluding hydrogens is 690 g/mol. The van der Waals surface area contributed by atoms with Gasteiger partial charge in [-0.15, -0.1) is 13.2 Å². The van der Waals surface area contributed by atoms with Crippen LogP contribution in [0, 0.1) is 11.8 Å². The molecule has 0 aromatic heterocycles. The van der Waals surface area contributed by atoms with E-state index in [1.807, 2.05) is 30.3 Å². The number of hydrogen-bond donors (Lipinski definition) is 2. The SMILES string of the molecule is C=CCCC(=O)OC[C@H](NC(=O)[C@@H]1[C@H]2O[C@@]3(CC2Br)[C@H](C(=O)N(CC=C)c2ccccc2Cl)N([C@H](C)CO)C(=O)[C@@H]13)c1ccccc1. The summed E-state index contributed by atoms with van der Waals surface area (Å²) in [6.45, 7) is 8.68. The number of fused-ring (bicyclic) bond motifs is 1. The molecule has 2 aromatic carbocycles. The third kappa shape index (κ3) is 6.50. The van der Waals surface area contributed by atoms with Gasteiger partial charge in [0.15, 0.2) is 0 Å². The summed E-state index contributed by atoms with van der Waals surface area (Å²) in [5.74, 6) is -3.77. The molecule has 0 radical (unpaired) electrons. The molecule has 1 unspecified atom stereocenters. The maximum absolute atomic E-state index is 14.7. The lowest BCUT2D eigenvalue weighted by atomic mass is 9.70. The second kappa shape index (κ2) is 14.7. The number of halogens is 2. The second-order valence-corrected chi connectivity index (χ2v) is 13.7. The highest BCUT2D eigenvalue weighted by molar-refractivity contribution is 9.09. The molecule has 3 heterocycles. The number of hydrogen-bond acceptors (Lipinski definition) is 7. The lowest BCUT2D eigenvalue weighted by Crippen LogP contribution is -2.59. The van der Waals surface area contributed by atoms with Crippen LogP contribution in [0.2, 0.25) is 5.02 Å². The number of esters is 1. The summed E-state index contributed by atoms with van der Waals surface area (Å²) in [4.78, 5) is 58.2. The number of amides is 3. The molecule has 2 bridgehead atoms. The summed E-state index contributed by atoms with van der Waals surface area (Å²) < 4.78 is 12.1. The number of aliphatic hydroxyl groups is 1. The van der Waals surface area contributed by atoms with Crippen molar-refractivity contribution in [1.82, 2.24) is 10.2 Å². The maximum atomic E-state index is 14.7. The quantitative estimate of drug-likeness (QED) is 0.168. The number of carbonyl (C=O) groups is 4. The lowest BCUT2D eigenvalue weighted by molar-refractivity contribution is -0.146. The van der Waals surface area contributed by atoms with Crippen molar-refractivity contribution in [2.75, 3.05) is 24.7 Å². The van der Waals surface area contributed by atoms with Crippen LogP contribution in [0.15, 0.2) is 79.9 Å². The largest absolute Gasteiger partial charge is 0.463 e. The standard InChI is InChI=1S/C35H39BrClN3O7/c1-4-6-16-27(42)46-20-25(22-12-8-7-9-13-22)38-32(43)28-29-33(44)40(21(3)19-41)31(35(29)18-23(36)30(28)47-35)34(45)39(17-5-2)26-15-11-10-14-24(26)37/h4-5,7-15,21,23,25,28-31,41H,1-2,6,16-20H2,3H3,(H,38,43)/t21-,23?,25+,28+,29-,30+,31+,35-/m1/s1. The number of ether oxygens (including phenoxy) is 2. The first-order chi connectivity index (χ1) is 22.6. The number of benzene rings is 2. The van der Waals surface area contributed by atoms with Crippen molar-refractivity contribution in [3.8, 4) is 0 Å². The van der Waals surface area contributed by atoms with E-state index in [0.717, 1.165) is 0 Å². The minimum Gasteiger partial charge on any atom is -0.463 e. The second-order valence-electron chi connectivity index (χ2n) is 12.1. The average molecular weight is 729 g/mol. The van der Waals surface area contributed by atoms with Gasteiger partial charge >= 0.3 is 5.97 Å². The molecule has 2 N–H and O–H groups in total. The topological polar surface area (TPSA) is 125 Å². The van der Waals surface area contributed by atoms with Crippen molar-refractivity contribution in [3.05, 3.63) is 90.5 Å². The zero-order valence-electron chi connectivity index (χ0n) is 26.1. The molecule has 8 atom stereocenters. The molecule has 2 aromatic rings. The number of carbonyl (C=O) groups excluding carboxylic acids is 4. The number of nitrogens with zero attached hydrogens (tertiary/aromatic N) is 2. The Morgan fingerprint density at radius 1 is 1.19 bits per heavy atom. The van der Waals surface area contributed by atoms with E-state index in [1.54, 1.807) is 43.3 Å². The number of rotatable bonds is 14. The molecule has 10 nitrogen and oxygen atoms in total. The van der Waals surface area contributed by atoms with Gasteiger partial charge < -0.3 is 29.7 Å². The number of para-hydroxylation sites is 1. The summed E-state index contributed by atoms with van der Waals surface area (Å²) in [5, 5.41) is 13.6. The van der Waals surface area contributed by atoms with Gasteiger partial charge in [-0.1, -0.05) is 82.1 Å². The van der Waals surface area contributed by atoms with E-state index in [-0.39, 0.29) is 30.8 Å². The smallest absolute Gasteiger partial charge is 0.306 e. The van der Waals surface area contributed by atoms with E-state index < -0.39 is 72.0 Å². The predicted octanol–water partition coefficient (Wildman–Crippen LogP) is 4.35. The first kappa shape index (κ1) is 34.8. The summed E-state index contributed by atoms with van der Waals surface area (Å²) in [6, 6.07) is 13.4. The van der Waals surface area contributed by atoms with Crippen LogP contribution in [0.1, 0.15) is 37.8 Å². The molecule has 47 heavy (non-hydrogen) atoms. The number of likely N-dealkylation sites (tertiary alicyclic amines) is 1. The molecule has 3 fully saturated rings. The van der Waals surface area contributed by atoms with Gasteiger partial charge in [0.2, 0.25) is 11.8 Å². The monoisotopic (exact) mass is 727 g/mol. The fourth-order valence-corrected chi connectivity index (χ4v) is 8.29. The van der Waals surface area contributed by atoms with Crippen LogP contribution in [-0.4, -0.2) is 82.1 Å². The maximum Gasteiger partial charge on any atom is 0.306 e. The zero-order valence-corrected chi connectivity index (χ0v) is 28.4. The van der Waals surface area contributed by atoms with E-state index in [0.29, 0.717) is 22.7 Å². The minimum absolute atomic E-state index is 0.102. The van der Waals surface area contributed by atoms with Crippen LogP contribution >= 0.6 is 27.5 Å². The Morgan fingerprint density at radius 3 is 2.55 bits per heavy atom. The third-order valence-electron chi connectivity index (χ3n) is 9.21. The van der Waals surface area contributed by atoms with E-state index in [9.17, 15) is 24.3 Å².